The number of nitrogen functional groups attached to an aromatic ring is 1. The molecule has 18 heavy (non-hydrogen) atoms. The van der Waals surface area contributed by atoms with Gasteiger partial charge in [0.05, 0.1) is 12.0 Å². The number of nitrogens with zero attached hydrogens (tertiary/aromatic N) is 1. The second kappa shape index (κ2) is 4.61. The summed E-state index contributed by atoms with van der Waals surface area (Å²) in [6, 6.07) is 5.73. The topological polar surface area (TPSA) is 55.6 Å². The standard InChI is InChI=1S/C14H20N2O2/c1-14(2,18-3)9-13(17)16-8-7-10-11(15)5-4-6-12(10)16/h4-6H,7-9,15H2,1-3H3. The summed E-state index contributed by atoms with van der Waals surface area (Å²) in [7, 11) is 1.63. The first-order valence-corrected chi connectivity index (χ1v) is 6.17. The number of ether oxygens (including phenoxy) is 1. The Hall–Kier alpha value is -1.55. The van der Waals surface area contributed by atoms with E-state index in [1.807, 2.05) is 36.9 Å². The number of benzene rings is 1. The molecule has 0 bridgehead atoms. The van der Waals surface area contributed by atoms with Gasteiger partial charge in [0, 0.05) is 30.6 Å². The highest BCUT2D eigenvalue weighted by Crippen LogP contribution is 2.33. The summed E-state index contributed by atoms with van der Waals surface area (Å²) >= 11 is 0. The Bertz CT molecular complexity index is 469. The molecule has 4 heteroatoms. The molecule has 0 saturated carbocycles. The molecule has 0 saturated heterocycles. The van der Waals surface area contributed by atoms with Gasteiger partial charge in [0.15, 0.2) is 0 Å². The van der Waals surface area contributed by atoms with E-state index < -0.39 is 5.60 Å². The predicted molar refractivity (Wildman–Crippen MR) is 72.6 cm³/mol. The molecule has 1 heterocycles. The third-order valence-electron chi connectivity index (χ3n) is 3.49. The number of nitrogens with two attached hydrogens (primary N) is 1. The molecule has 0 atom stereocenters. The van der Waals surface area contributed by atoms with E-state index >= 15 is 0 Å². The number of rotatable bonds is 3. The van der Waals surface area contributed by atoms with Crippen molar-refractivity contribution in [3.8, 4) is 0 Å². The molecule has 2 rings (SSSR count). The monoisotopic (exact) mass is 248 g/mol. The lowest BCUT2D eigenvalue weighted by Crippen LogP contribution is -2.36. The molecule has 1 aromatic carbocycles. The summed E-state index contributed by atoms with van der Waals surface area (Å²) in [5.74, 6) is 0.0891. The molecule has 2 N–H and O–H groups in total. The number of amides is 1. The van der Waals surface area contributed by atoms with Crippen LogP contribution in [0, 0.1) is 0 Å². The average molecular weight is 248 g/mol. The fraction of sp³-hybridized carbons (Fsp3) is 0.500. The number of carbonyl (C=O) groups excluding carboxylic acids is 1. The zero-order valence-electron chi connectivity index (χ0n) is 11.2. The molecule has 0 aromatic heterocycles. The van der Waals surface area contributed by atoms with Crippen molar-refractivity contribution in [1.29, 1.82) is 0 Å². The van der Waals surface area contributed by atoms with Gasteiger partial charge < -0.3 is 15.4 Å². The Kier molecular flexibility index (Phi) is 3.30. The van der Waals surface area contributed by atoms with Crippen LogP contribution in [-0.2, 0) is 16.0 Å². The minimum atomic E-state index is -0.430. The molecule has 0 spiro atoms. The van der Waals surface area contributed by atoms with Crippen molar-refractivity contribution in [2.45, 2.75) is 32.3 Å². The van der Waals surface area contributed by atoms with Crippen molar-refractivity contribution in [2.75, 3.05) is 24.3 Å². The highest BCUT2D eigenvalue weighted by molar-refractivity contribution is 5.97. The van der Waals surface area contributed by atoms with Crippen molar-refractivity contribution in [3.63, 3.8) is 0 Å². The van der Waals surface area contributed by atoms with E-state index in [1.54, 1.807) is 7.11 Å². The second-order valence-corrected chi connectivity index (χ2v) is 5.28. The summed E-state index contributed by atoms with van der Waals surface area (Å²) in [6.07, 6.45) is 1.21. The predicted octanol–water partition coefficient (Wildman–Crippen LogP) is 1.97. The summed E-state index contributed by atoms with van der Waals surface area (Å²) < 4.78 is 5.31. The van der Waals surface area contributed by atoms with Crippen LogP contribution in [0.5, 0.6) is 0 Å². The molecule has 4 nitrogen and oxygen atoms in total. The van der Waals surface area contributed by atoms with Gasteiger partial charge in [0.25, 0.3) is 0 Å². The molecule has 0 unspecified atom stereocenters. The summed E-state index contributed by atoms with van der Waals surface area (Å²) in [5.41, 5.74) is 8.30. The van der Waals surface area contributed by atoms with E-state index in [0.717, 1.165) is 23.4 Å². The van der Waals surface area contributed by atoms with Crippen LogP contribution < -0.4 is 10.6 Å². The molecule has 0 aliphatic carbocycles. The van der Waals surface area contributed by atoms with Crippen LogP contribution in [0.2, 0.25) is 0 Å². The second-order valence-electron chi connectivity index (χ2n) is 5.28. The first kappa shape index (κ1) is 12.9. The number of fused-ring (bicyclic) bond motifs is 1. The number of hydrogen-bond donors (Lipinski definition) is 1. The first-order valence-electron chi connectivity index (χ1n) is 6.17. The molecule has 98 valence electrons. The van der Waals surface area contributed by atoms with Crippen LogP contribution in [-0.4, -0.2) is 25.2 Å². The first-order chi connectivity index (χ1) is 8.44. The van der Waals surface area contributed by atoms with Gasteiger partial charge >= 0.3 is 0 Å². The molecule has 0 fully saturated rings. The van der Waals surface area contributed by atoms with E-state index in [1.165, 1.54) is 0 Å². The van der Waals surface area contributed by atoms with Crippen molar-refractivity contribution in [3.05, 3.63) is 23.8 Å². The fourth-order valence-corrected chi connectivity index (χ4v) is 2.25. The maximum Gasteiger partial charge on any atom is 0.229 e. The van der Waals surface area contributed by atoms with Gasteiger partial charge in [-0.1, -0.05) is 6.07 Å². The van der Waals surface area contributed by atoms with Gasteiger partial charge in [-0.25, -0.2) is 0 Å². The van der Waals surface area contributed by atoms with E-state index in [0.29, 0.717) is 13.0 Å². The third kappa shape index (κ3) is 2.34. The Morgan fingerprint density at radius 1 is 1.50 bits per heavy atom. The zero-order valence-corrected chi connectivity index (χ0v) is 11.2. The van der Waals surface area contributed by atoms with Crippen LogP contribution in [0.15, 0.2) is 18.2 Å². The van der Waals surface area contributed by atoms with Gasteiger partial charge in [-0.3, -0.25) is 4.79 Å². The molecule has 0 radical (unpaired) electrons. The van der Waals surface area contributed by atoms with E-state index in [9.17, 15) is 4.79 Å². The van der Waals surface area contributed by atoms with Gasteiger partial charge in [0.1, 0.15) is 0 Å². The van der Waals surface area contributed by atoms with Crippen LogP contribution >= 0.6 is 0 Å². The van der Waals surface area contributed by atoms with Crippen molar-refractivity contribution in [1.82, 2.24) is 0 Å². The third-order valence-corrected chi connectivity index (χ3v) is 3.49. The molecule has 1 aromatic rings. The van der Waals surface area contributed by atoms with Crippen molar-refractivity contribution in [2.24, 2.45) is 0 Å². The number of carbonyl (C=O) groups is 1. The Morgan fingerprint density at radius 2 is 2.22 bits per heavy atom. The van der Waals surface area contributed by atoms with Gasteiger partial charge in [-0.2, -0.15) is 0 Å². The fourth-order valence-electron chi connectivity index (χ4n) is 2.25. The minimum absolute atomic E-state index is 0.0891. The molecular formula is C14H20N2O2. The van der Waals surface area contributed by atoms with Gasteiger partial charge in [-0.05, 0) is 32.4 Å². The molecule has 1 aliphatic heterocycles. The largest absolute Gasteiger partial charge is 0.398 e. The van der Waals surface area contributed by atoms with E-state index in [-0.39, 0.29) is 5.91 Å². The molecular weight excluding hydrogens is 228 g/mol. The average Bonchev–Trinajstić information content (AvgIpc) is 2.74. The quantitative estimate of drug-likeness (QED) is 0.832. The molecule has 1 amide bonds. The van der Waals surface area contributed by atoms with Gasteiger partial charge in [-0.15, -0.1) is 0 Å². The summed E-state index contributed by atoms with van der Waals surface area (Å²) in [4.78, 5) is 14.1. The van der Waals surface area contributed by atoms with Crippen LogP contribution in [0.25, 0.3) is 0 Å². The van der Waals surface area contributed by atoms with E-state index in [2.05, 4.69) is 0 Å². The highest BCUT2D eigenvalue weighted by Gasteiger charge is 2.30. The zero-order chi connectivity index (χ0) is 13.3. The maximum absolute atomic E-state index is 12.3. The molecule has 1 aliphatic rings. The lowest BCUT2D eigenvalue weighted by molar-refractivity contribution is -0.123. The van der Waals surface area contributed by atoms with E-state index in [4.69, 9.17) is 10.5 Å². The van der Waals surface area contributed by atoms with Crippen LogP contribution in [0.4, 0.5) is 11.4 Å². The highest BCUT2D eigenvalue weighted by atomic mass is 16.5. The number of hydrogen-bond acceptors (Lipinski definition) is 3. The maximum atomic E-state index is 12.3. The van der Waals surface area contributed by atoms with Crippen LogP contribution in [0.3, 0.4) is 0 Å². The Labute approximate surface area is 108 Å². The normalized spacial score (nSPS) is 14.7. The number of methoxy groups -OCH3 is 1. The lowest BCUT2D eigenvalue weighted by Gasteiger charge is -2.26. The summed E-state index contributed by atoms with van der Waals surface area (Å²) in [5, 5.41) is 0. The Balaban J connectivity index is 2.19. The number of anilines is 2. The van der Waals surface area contributed by atoms with Crippen molar-refractivity contribution >= 4 is 17.3 Å². The lowest BCUT2D eigenvalue weighted by atomic mass is 10.0. The minimum Gasteiger partial charge on any atom is -0.398 e. The summed E-state index contributed by atoms with van der Waals surface area (Å²) in [6.45, 7) is 4.55. The Morgan fingerprint density at radius 3 is 2.89 bits per heavy atom. The smallest absolute Gasteiger partial charge is 0.229 e. The van der Waals surface area contributed by atoms with Gasteiger partial charge in [0.2, 0.25) is 5.91 Å². The van der Waals surface area contributed by atoms with Crippen LogP contribution in [0.1, 0.15) is 25.8 Å². The SMILES string of the molecule is COC(C)(C)CC(=O)N1CCc2c(N)cccc21. The van der Waals surface area contributed by atoms with Crippen molar-refractivity contribution < 1.29 is 9.53 Å².